The molecule has 7 fully saturated rings. The number of likely N-dealkylation sites (tertiary alicyclic amines) is 1. The number of methoxy groups -OCH3 is 2. The van der Waals surface area contributed by atoms with Crippen LogP contribution in [0, 0.1) is 29.1 Å². The van der Waals surface area contributed by atoms with Gasteiger partial charge in [0.15, 0.2) is 0 Å². The van der Waals surface area contributed by atoms with Gasteiger partial charge >= 0.3 is 0 Å². The first kappa shape index (κ1) is 18.3. The summed E-state index contributed by atoms with van der Waals surface area (Å²) in [5, 5.41) is 36.6. The van der Waals surface area contributed by atoms with Gasteiger partial charge in [0.2, 0.25) is 0 Å². The standard InChI is InChI=1S/C22H33NO6/c1-4-23-9-19(24)6-5-13-21-12(19)7-10(17(21)23)20(25)8-11(27-2)14-15(29-13)16(21)22(20,26)18(14)28-3/h10-18,24-26H,4-9H2,1-3H3/t10-,11-,12+,13-,14-,15+,16-,17+,18-,19+,20-,21+,22-/m0/s1. The number of ether oxygens (including phenoxy) is 3. The van der Waals surface area contributed by atoms with Crippen molar-refractivity contribution in [1.82, 2.24) is 4.90 Å². The molecule has 7 heteroatoms. The van der Waals surface area contributed by atoms with E-state index in [2.05, 4.69) is 11.8 Å². The minimum absolute atomic E-state index is 0.0270. The van der Waals surface area contributed by atoms with Crippen molar-refractivity contribution in [3.63, 3.8) is 0 Å². The zero-order valence-corrected chi connectivity index (χ0v) is 17.5. The van der Waals surface area contributed by atoms with Crippen molar-refractivity contribution < 1.29 is 29.5 Å². The highest BCUT2D eigenvalue weighted by molar-refractivity contribution is 5.42. The van der Waals surface area contributed by atoms with Crippen LogP contribution in [0.15, 0.2) is 0 Å². The number of β-amino-alcohol motifs (C(OH)–C–C–N with tert-alkyl or cyclic N) is 1. The van der Waals surface area contributed by atoms with Gasteiger partial charge in [-0.05, 0) is 31.7 Å². The fourth-order valence-corrected chi connectivity index (χ4v) is 10.5. The van der Waals surface area contributed by atoms with Crippen LogP contribution in [0.5, 0.6) is 0 Å². The van der Waals surface area contributed by atoms with Gasteiger partial charge in [0, 0.05) is 56.4 Å². The molecule has 7 nitrogen and oxygen atoms in total. The molecule has 2 aliphatic heterocycles. The molecule has 2 saturated heterocycles. The van der Waals surface area contributed by atoms with Crippen molar-refractivity contribution in [2.24, 2.45) is 29.1 Å². The molecule has 3 N–H and O–H groups in total. The molecule has 7 rings (SSSR count). The maximum absolute atomic E-state index is 12.4. The molecule has 0 amide bonds. The number of rotatable bonds is 3. The summed E-state index contributed by atoms with van der Waals surface area (Å²) in [6, 6.07) is 0.134. The molecular weight excluding hydrogens is 374 g/mol. The van der Waals surface area contributed by atoms with E-state index in [0.29, 0.717) is 13.0 Å². The first-order chi connectivity index (χ1) is 13.8. The Kier molecular flexibility index (Phi) is 3.18. The summed E-state index contributed by atoms with van der Waals surface area (Å²) >= 11 is 0. The number of fused-ring (bicyclic) bond motifs is 3. The Morgan fingerprint density at radius 1 is 1.17 bits per heavy atom. The molecule has 0 radical (unpaired) electrons. The minimum Gasteiger partial charge on any atom is -0.388 e. The maximum atomic E-state index is 12.4. The lowest BCUT2D eigenvalue weighted by Crippen LogP contribution is -2.82. The van der Waals surface area contributed by atoms with Crippen molar-refractivity contribution >= 4 is 0 Å². The summed E-state index contributed by atoms with van der Waals surface area (Å²) in [6.45, 7) is 3.65. The third-order valence-electron chi connectivity index (χ3n) is 10.9. The van der Waals surface area contributed by atoms with E-state index in [4.69, 9.17) is 14.2 Å². The van der Waals surface area contributed by atoms with Gasteiger partial charge in [-0.1, -0.05) is 6.92 Å². The van der Waals surface area contributed by atoms with E-state index in [-0.39, 0.29) is 53.4 Å². The van der Waals surface area contributed by atoms with Crippen LogP contribution >= 0.6 is 0 Å². The highest BCUT2D eigenvalue weighted by Crippen LogP contribution is 2.81. The number of hydrogen-bond donors (Lipinski definition) is 3. The van der Waals surface area contributed by atoms with Gasteiger partial charge in [-0.25, -0.2) is 0 Å². The number of nitrogens with zero attached hydrogens (tertiary/aromatic N) is 1. The summed E-state index contributed by atoms with van der Waals surface area (Å²) in [4.78, 5) is 2.40. The zero-order chi connectivity index (χ0) is 20.1. The lowest BCUT2D eigenvalue weighted by atomic mass is 9.44. The van der Waals surface area contributed by atoms with Crippen molar-refractivity contribution in [2.75, 3.05) is 27.3 Å². The van der Waals surface area contributed by atoms with Crippen LogP contribution < -0.4 is 0 Å². The summed E-state index contributed by atoms with van der Waals surface area (Å²) < 4.78 is 18.6. The second-order valence-corrected chi connectivity index (χ2v) is 11.1. The van der Waals surface area contributed by atoms with E-state index in [1.807, 2.05) is 0 Å². The van der Waals surface area contributed by atoms with E-state index >= 15 is 0 Å². The second kappa shape index (κ2) is 5.03. The predicted molar refractivity (Wildman–Crippen MR) is 101 cm³/mol. The molecule has 0 unspecified atom stereocenters. The molecule has 162 valence electrons. The van der Waals surface area contributed by atoms with E-state index in [9.17, 15) is 15.3 Å². The summed E-state index contributed by atoms with van der Waals surface area (Å²) in [7, 11) is 3.33. The Balaban J connectivity index is 1.54. The van der Waals surface area contributed by atoms with Crippen LogP contribution in [0.25, 0.3) is 0 Å². The molecule has 7 bridgehead atoms. The van der Waals surface area contributed by atoms with E-state index in [0.717, 1.165) is 25.8 Å². The molecule has 13 atom stereocenters. The number of hydrogen-bond acceptors (Lipinski definition) is 7. The molecule has 5 aliphatic carbocycles. The Labute approximate surface area is 171 Å². The number of likely N-dealkylation sites (N-methyl/N-ethyl adjacent to an activating group) is 1. The molecule has 29 heavy (non-hydrogen) atoms. The monoisotopic (exact) mass is 407 g/mol. The van der Waals surface area contributed by atoms with Gasteiger partial charge in [-0.15, -0.1) is 0 Å². The first-order valence-corrected chi connectivity index (χ1v) is 11.4. The topological polar surface area (TPSA) is 91.6 Å². The van der Waals surface area contributed by atoms with Crippen LogP contribution in [0.3, 0.4) is 0 Å². The predicted octanol–water partition coefficient (Wildman–Crippen LogP) is -0.239. The quantitative estimate of drug-likeness (QED) is 0.595. The number of piperidine rings is 1. The Bertz CT molecular complexity index is 780. The number of aliphatic hydroxyl groups is 3. The largest absolute Gasteiger partial charge is 0.388 e. The van der Waals surface area contributed by atoms with Crippen molar-refractivity contribution in [2.45, 2.75) is 79.9 Å². The minimum atomic E-state index is -1.36. The third-order valence-corrected chi connectivity index (χ3v) is 10.9. The van der Waals surface area contributed by atoms with Crippen molar-refractivity contribution in [1.29, 1.82) is 0 Å². The van der Waals surface area contributed by atoms with E-state index < -0.39 is 22.9 Å². The van der Waals surface area contributed by atoms with Gasteiger partial charge in [0.05, 0.1) is 30.0 Å². The summed E-state index contributed by atoms with van der Waals surface area (Å²) in [5.74, 6) is -0.365. The smallest absolute Gasteiger partial charge is 0.126 e. The molecule has 0 aromatic rings. The van der Waals surface area contributed by atoms with E-state index in [1.165, 1.54) is 0 Å². The Morgan fingerprint density at radius 3 is 2.66 bits per heavy atom. The molecule has 5 saturated carbocycles. The van der Waals surface area contributed by atoms with Crippen LogP contribution in [-0.2, 0) is 14.2 Å². The first-order valence-electron chi connectivity index (χ1n) is 11.4. The van der Waals surface area contributed by atoms with Crippen LogP contribution in [0.4, 0.5) is 0 Å². The normalized spacial score (nSPS) is 68.7. The molecular formula is C22H33NO6. The molecule has 2 heterocycles. The lowest BCUT2D eigenvalue weighted by molar-refractivity contribution is -0.327. The fourth-order valence-electron chi connectivity index (χ4n) is 10.5. The van der Waals surface area contributed by atoms with Crippen LogP contribution in [0.1, 0.15) is 32.6 Å². The zero-order valence-electron chi connectivity index (χ0n) is 17.5. The highest BCUT2D eigenvalue weighted by Gasteiger charge is 2.92. The highest BCUT2D eigenvalue weighted by atomic mass is 16.5. The third kappa shape index (κ3) is 1.50. The van der Waals surface area contributed by atoms with Gasteiger partial charge in [0.25, 0.3) is 0 Å². The van der Waals surface area contributed by atoms with Crippen molar-refractivity contribution in [3.8, 4) is 0 Å². The fraction of sp³-hybridized carbons (Fsp3) is 1.00. The maximum Gasteiger partial charge on any atom is 0.126 e. The molecule has 0 aromatic heterocycles. The van der Waals surface area contributed by atoms with Crippen molar-refractivity contribution in [3.05, 3.63) is 0 Å². The molecule has 7 aliphatic rings. The summed E-state index contributed by atoms with van der Waals surface area (Å²) in [5.41, 5.74) is -3.73. The SMILES string of the molecule is CCN1C[C@]2(O)CC[C@@H]3O[C@@H]4[C@@H]5[C@@H](OC)C[C@]6(O)[C@H]7C[C@H]2[C@]3([C@@H]71)[C@H]4[C@]6(O)[C@H]5OC. The molecule has 0 aromatic carbocycles. The average Bonchev–Trinajstić information content (AvgIpc) is 3.24. The Hall–Kier alpha value is -0.280. The lowest BCUT2D eigenvalue weighted by Gasteiger charge is -2.68. The van der Waals surface area contributed by atoms with Crippen LogP contribution in [0.2, 0.25) is 0 Å². The van der Waals surface area contributed by atoms with Gasteiger partial charge in [-0.3, -0.25) is 4.90 Å². The van der Waals surface area contributed by atoms with Gasteiger partial charge < -0.3 is 29.5 Å². The van der Waals surface area contributed by atoms with Crippen LogP contribution in [-0.4, -0.2) is 94.8 Å². The average molecular weight is 408 g/mol. The van der Waals surface area contributed by atoms with E-state index in [1.54, 1.807) is 14.2 Å². The van der Waals surface area contributed by atoms with Gasteiger partial charge in [0.1, 0.15) is 11.2 Å². The summed E-state index contributed by atoms with van der Waals surface area (Å²) in [6.07, 6.45) is 1.84. The second-order valence-electron chi connectivity index (χ2n) is 11.1. The molecule has 1 spiro atoms. The Morgan fingerprint density at radius 2 is 1.97 bits per heavy atom. The van der Waals surface area contributed by atoms with Gasteiger partial charge in [-0.2, -0.15) is 0 Å².